The van der Waals surface area contributed by atoms with E-state index >= 15 is 0 Å². The van der Waals surface area contributed by atoms with Crippen LogP contribution in [0, 0.1) is 19.8 Å². The van der Waals surface area contributed by atoms with Crippen LogP contribution < -0.4 is 5.32 Å². The molecule has 1 atom stereocenters. The van der Waals surface area contributed by atoms with Crippen LogP contribution in [0.5, 0.6) is 0 Å². The van der Waals surface area contributed by atoms with Crippen LogP contribution in [0.25, 0.3) is 0 Å². The second kappa shape index (κ2) is 5.07. The Morgan fingerprint density at radius 3 is 2.47 bits per heavy atom. The van der Waals surface area contributed by atoms with Gasteiger partial charge < -0.3 is 5.32 Å². The maximum atomic E-state index is 4.80. The lowest BCUT2D eigenvalue weighted by atomic mass is 9.84. The zero-order valence-corrected chi connectivity index (χ0v) is 12.3. The summed E-state index contributed by atoms with van der Waals surface area (Å²) >= 11 is 1.87. The van der Waals surface area contributed by atoms with Gasteiger partial charge in [0.05, 0.1) is 11.2 Å². The second-order valence-corrected chi connectivity index (χ2v) is 6.58. The molecule has 0 spiro atoms. The fourth-order valence-corrected chi connectivity index (χ4v) is 4.08. The number of aromatic nitrogens is 1. The van der Waals surface area contributed by atoms with Crippen molar-refractivity contribution in [3.63, 3.8) is 0 Å². The maximum Gasteiger partial charge on any atom is 0.113 e. The fraction of sp³-hybridized carbons (Fsp3) is 0.786. The van der Waals surface area contributed by atoms with E-state index in [-0.39, 0.29) is 5.54 Å². The third-order valence-electron chi connectivity index (χ3n) is 4.19. The van der Waals surface area contributed by atoms with Gasteiger partial charge in [0.15, 0.2) is 0 Å². The molecule has 0 radical (unpaired) electrons. The summed E-state index contributed by atoms with van der Waals surface area (Å²) < 4.78 is 0. The summed E-state index contributed by atoms with van der Waals surface area (Å²) in [5, 5.41) is 5.00. The minimum absolute atomic E-state index is 0.0922. The first-order chi connectivity index (χ1) is 8.08. The van der Waals surface area contributed by atoms with Crippen molar-refractivity contribution in [2.24, 2.45) is 5.92 Å². The lowest BCUT2D eigenvalue weighted by Gasteiger charge is -2.34. The van der Waals surface area contributed by atoms with Crippen molar-refractivity contribution in [1.29, 1.82) is 0 Å². The van der Waals surface area contributed by atoms with Gasteiger partial charge in [-0.1, -0.05) is 19.8 Å². The second-order valence-electron chi connectivity index (χ2n) is 5.37. The van der Waals surface area contributed by atoms with E-state index in [1.807, 2.05) is 11.3 Å². The number of nitrogens with one attached hydrogen (secondary N) is 1. The third kappa shape index (κ3) is 2.41. The zero-order chi connectivity index (χ0) is 12.5. The Hall–Kier alpha value is -0.410. The topological polar surface area (TPSA) is 24.9 Å². The summed E-state index contributed by atoms with van der Waals surface area (Å²) in [7, 11) is 0. The number of hydrogen-bond donors (Lipinski definition) is 1. The molecule has 1 N–H and O–H groups in total. The van der Waals surface area contributed by atoms with Gasteiger partial charge in [0.2, 0.25) is 0 Å². The zero-order valence-electron chi connectivity index (χ0n) is 11.5. The van der Waals surface area contributed by atoms with Crippen LogP contribution >= 0.6 is 11.3 Å². The summed E-state index contributed by atoms with van der Waals surface area (Å²) in [4.78, 5) is 6.16. The van der Waals surface area contributed by atoms with Gasteiger partial charge in [0, 0.05) is 4.88 Å². The lowest BCUT2D eigenvalue weighted by molar-refractivity contribution is 0.238. The average Bonchev–Trinajstić information content (AvgIpc) is 2.90. The minimum Gasteiger partial charge on any atom is -0.306 e. The van der Waals surface area contributed by atoms with Crippen LogP contribution in [0.4, 0.5) is 0 Å². The molecule has 3 heteroatoms. The first-order valence-corrected chi connectivity index (χ1v) is 7.59. The monoisotopic (exact) mass is 252 g/mol. The van der Waals surface area contributed by atoms with E-state index in [1.54, 1.807) is 0 Å². The molecule has 0 amide bonds. The van der Waals surface area contributed by atoms with Crippen LogP contribution in [-0.2, 0) is 5.54 Å². The summed E-state index contributed by atoms with van der Waals surface area (Å²) in [5.74, 6) is 0.757. The highest BCUT2D eigenvalue weighted by Gasteiger charge is 2.39. The molecule has 1 aliphatic rings. The molecule has 0 aromatic carbocycles. The molecular weight excluding hydrogens is 228 g/mol. The molecule has 1 heterocycles. The Morgan fingerprint density at radius 2 is 2.00 bits per heavy atom. The van der Waals surface area contributed by atoms with Crippen LogP contribution in [0.1, 0.15) is 55.1 Å². The smallest absolute Gasteiger partial charge is 0.113 e. The van der Waals surface area contributed by atoms with Gasteiger partial charge in [-0.15, -0.1) is 11.3 Å². The van der Waals surface area contributed by atoms with Gasteiger partial charge in [-0.25, -0.2) is 4.98 Å². The van der Waals surface area contributed by atoms with Crippen molar-refractivity contribution in [2.75, 3.05) is 6.54 Å². The Bertz CT molecular complexity index is 360. The van der Waals surface area contributed by atoms with E-state index in [2.05, 4.69) is 33.0 Å². The highest BCUT2D eigenvalue weighted by molar-refractivity contribution is 7.11. The fourth-order valence-electron chi connectivity index (χ4n) is 2.96. The summed E-state index contributed by atoms with van der Waals surface area (Å²) in [6, 6.07) is 0. The summed E-state index contributed by atoms with van der Waals surface area (Å²) in [6.07, 6.45) is 5.46. The Balaban J connectivity index is 2.32. The van der Waals surface area contributed by atoms with Crippen LogP contribution in [-0.4, -0.2) is 11.5 Å². The van der Waals surface area contributed by atoms with E-state index in [0.717, 1.165) is 12.5 Å². The first kappa shape index (κ1) is 13.0. The molecule has 1 fully saturated rings. The first-order valence-electron chi connectivity index (χ1n) is 6.77. The van der Waals surface area contributed by atoms with E-state index in [4.69, 9.17) is 4.98 Å². The summed E-state index contributed by atoms with van der Waals surface area (Å²) in [6.45, 7) is 9.86. The lowest BCUT2D eigenvalue weighted by Crippen LogP contribution is -2.45. The summed E-state index contributed by atoms with van der Waals surface area (Å²) in [5.41, 5.74) is 1.29. The highest BCUT2D eigenvalue weighted by atomic mass is 32.1. The van der Waals surface area contributed by atoms with Crippen LogP contribution in [0.15, 0.2) is 0 Å². The van der Waals surface area contributed by atoms with E-state index in [9.17, 15) is 0 Å². The molecule has 0 saturated heterocycles. The molecule has 1 saturated carbocycles. The third-order valence-corrected chi connectivity index (χ3v) is 5.50. The number of aryl methyl sites for hydroxylation is 2. The van der Waals surface area contributed by atoms with Crippen LogP contribution in [0.3, 0.4) is 0 Å². The van der Waals surface area contributed by atoms with E-state index in [0.29, 0.717) is 0 Å². The van der Waals surface area contributed by atoms with Crippen molar-refractivity contribution in [3.8, 4) is 0 Å². The van der Waals surface area contributed by atoms with Gasteiger partial charge in [0.25, 0.3) is 0 Å². The Morgan fingerprint density at radius 1 is 1.35 bits per heavy atom. The molecular formula is C14H24N2S. The predicted octanol–water partition coefficient (Wildman–Crippen LogP) is 3.77. The molecule has 1 aromatic rings. The van der Waals surface area contributed by atoms with E-state index < -0.39 is 0 Å². The minimum atomic E-state index is 0.0922. The molecule has 2 rings (SSSR count). The number of nitrogens with zero attached hydrogens (tertiary/aromatic N) is 1. The molecule has 17 heavy (non-hydrogen) atoms. The van der Waals surface area contributed by atoms with Crippen molar-refractivity contribution < 1.29 is 0 Å². The van der Waals surface area contributed by atoms with Gasteiger partial charge in [0.1, 0.15) is 5.01 Å². The van der Waals surface area contributed by atoms with Crippen molar-refractivity contribution in [3.05, 3.63) is 15.6 Å². The number of rotatable bonds is 4. The van der Waals surface area contributed by atoms with Crippen molar-refractivity contribution in [2.45, 2.75) is 58.9 Å². The van der Waals surface area contributed by atoms with Crippen molar-refractivity contribution >= 4 is 11.3 Å². The largest absolute Gasteiger partial charge is 0.306 e. The molecule has 1 aromatic heterocycles. The van der Waals surface area contributed by atoms with Crippen molar-refractivity contribution in [1.82, 2.24) is 10.3 Å². The molecule has 0 aliphatic heterocycles. The quantitative estimate of drug-likeness (QED) is 0.882. The SMILES string of the molecule is CCNC(C)(c1nc(C)c(C)s1)C1CCCC1. The number of thiazole rings is 1. The van der Waals surface area contributed by atoms with Gasteiger partial charge in [-0.2, -0.15) is 0 Å². The van der Waals surface area contributed by atoms with Gasteiger partial charge >= 0.3 is 0 Å². The standard InChI is InChI=1S/C14H24N2S/c1-5-15-14(4,12-8-6-7-9-12)13-16-10(2)11(3)17-13/h12,15H,5-9H2,1-4H3. The molecule has 96 valence electrons. The average molecular weight is 252 g/mol. The molecule has 1 aliphatic carbocycles. The highest BCUT2D eigenvalue weighted by Crippen LogP contribution is 2.42. The maximum absolute atomic E-state index is 4.80. The van der Waals surface area contributed by atoms with Gasteiger partial charge in [-0.05, 0) is 46.1 Å². The van der Waals surface area contributed by atoms with Crippen LogP contribution in [0.2, 0.25) is 0 Å². The molecule has 1 unspecified atom stereocenters. The normalized spacial score (nSPS) is 20.7. The van der Waals surface area contributed by atoms with E-state index in [1.165, 1.54) is 41.3 Å². The Labute approximate surface area is 109 Å². The predicted molar refractivity (Wildman–Crippen MR) is 74.6 cm³/mol. The molecule has 2 nitrogen and oxygen atoms in total. The van der Waals surface area contributed by atoms with Gasteiger partial charge in [-0.3, -0.25) is 0 Å². The number of hydrogen-bond acceptors (Lipinski definition) is 3. The molecule has 0 bridgehead atoms. The Kier molecular flexibility index (Phi) is 3.88.